The fourth-order valence-corrected chi connectivity index (χ4v) is 7.38. The minimum atomic E-state index is -4.31. The highest BCUT2D eigenvalue weighted by Crippen LogP contribution is 2.28. The third kappa shape index (κ3) is 4.87. The van der Waals surface area contributed by atoms with E-state index in [-0.39, 0.29) is 18.7 Å². The number of thiazole rings is 1. The molecule has 0 aliphatic carbocycles. The number of aromatic nitrogens is 1. The van der Waals surface area contributed by atoms with E-state index in [1.54, 1.807) is 0 Å². The predicted molar refractivity (Wildman–Crippen MR) is 140 cm³/mol. The van der Waals surface area contributed by atoms with Crippen molar-refractivity contribution < 1.29 is 18.0 Å². The summed E-state index contributed by atoms with van der Waals surface area (Å²) < 4.78 is 29.2. The van der Waals surface area contributed by atoms with E-state index >= 15 is 0 Å². The van der Waals surface area contributed by atoms with Crippen LogP contribution >= 0.6 is 34.0 Å². The van der Waals surface area contributed by atoms with Crippen LogP contribution < -0.4 is 5.32 Å². The maximum Gasteiger partial charge on any atom is 0.331 e. The molecule has 0 radical (unpaired) electrons. The Hall–Kier alpha value is -3.06. The molecule has 2 amide bonds. The van der Waals surface area contributed by atoms with Crippen molar-refractivity contribution in [2.45, 2.75) is 12.8 Å². The van der Waals surface area contributed by atoms with Gasteiger partial charge in [0.05, 0.1) is 10.2 Å². The first-order chi connectivity index (χ1) is 16.9. The number of fused-ring (bicyclic) bond motifs is 1. The van der Waals surface area contributed by atoms with Gasteiger partial charge in [0.1, 0.15) is 5.57 Å². The molecular weight excluding hydrogens is 525 g/mol. The van der Waals surface area contributed by atoms with Gasteiger partial charge in [-0.25, -0.2) is 13.6 Å². The van der Waals surface area contributed by atoms with Gasteiger partial charge in [-0.2, -0.15) is 8.42 Å². The SMILES string of the molecule is O=C1C(=CNc2nc3ccccc3s2)C(=O)N(CCc2cccs2)S(=O)(=O)N1CCc1cccs1. The van der Waals surface area contributed by atoms with Gasteiger partial charge < -0.3 is 5.32 Å². The number of nitrogens with one attached hydrogen (secondary N) is 1. The lowest BCUT2D eigenvalue weighted by Crippen LogP contribution is -2.57. The number of thiophene rings is 2. The van der Waals surface area contributed by atoms with E-state index in [4.69, 9.17) is 0 Å². The molecule has 1 saturated heterocycles. The number of carbonyl (C=O) groups excluding carboxylic acids is 2. The average Bonchev–Trinajstić information content (AvgIpc) is 3.60. The van der Waals surface area contributed by atoms with Gasteiger partial charge in [-0.05, 0) is 35.0 Å². The summed E-state index contributed by atoms with van der Waals surface area (Å²) in [6.45, 7) is -0.105. The molecule has 1 aliphatic rings. The number of amides is 2. The lowest BCUT2D eigenvalue weighted by atomic mass is 10.2. The Bertz CT molecular complexity index is 1390. The van der Waals surface area contributed by atoms with Gasteiger partial charge in [-0.15, -0.1) is 22.7 Å². The first-order valence-corrected chi connectivity index (χ1v) is 14.7. The second-order valence-electron chi connectivity index (χ2n) is 7.61. The van der Waals surface area contributed by atoms with Crippen LogP contribution in [-0.2, 0) is 32.6 Å². The van der Waals surface area contributed by atoms with Crippen molar-refractivity contribution >= 4 is 71.4 Å². The molecule has 1 fully saturated rings. The van der Waals surface area contributed by atoms with E-state index in [1.165, 1.54) is 40.2 Å². The number of carbonyl (C=O) groups is 2. The van der Waals surface area contributed by atoms with Gasteiger partial charge in [-0.3, -0.25) is 9.59 Å². The van der Waals surface area contributed by atoms with Crippen LogP contribution in [0.3, 0.4) is 0 Å². The number of hydrogen-bond donors (Lipinski definition) is 1. The number of nitrogens with zero attached hydrogens (tertiary/aromatic N) is 3. The Labute approximate surface area is 214 Å². The zero-order chi connectivity index (χ0) is 24.4. The largest absolute Gasteiger partial charge is 0.337 e. The summed E-state index contributed by atoms with van der Waals surface area (Å²) in [5.74, 6) is -1.68. The van der Waals surface area contributed by atoms with Crippen LogP contribution in [0.2, 0.25) is 0 Å². The molecule has 12 heteroatoms. The topological polar surface area (TPSA) is 99.7 Å². The van der Waals surface area contributed by atoms with Crippen molar-refractivity contribution in [1.29, 1.82) is 0 Å². The van der Waals surface area contributed by atoms with Gasteiger partial charge in [-0.1, -0.05) is 35.6 Å². The quantitative estimate of drug-likeness (QED) is 0.265. The number of para-hydroxylation sites is 1. The highest BCUT2D eigenvalue weighted by Gasteiger charge is 2.46. The van der Waals surface area contributed by atoms with Gasteiger partial charge in [0, 0.05) is 41.9 Å². The summed E-state index contributed by atoms with van der Waals surface area (Å²) >= 11 is 4.35. The molecule has 1 N–H and O–H groups in total. The average molecular weight is 545 g/mol. The van der Waals surface area contributed by atoms with Gasteiger partial charge in [0.25, 0.3) is 11.8 Å². The molecule has 4 aromatic rings. The number of hydrogen-bond acceptors (Lipinski definition) is 9. The van der Waals surface area contributed by atoms with Gasteiger partial charge in [0.15, 0.2) is 5.13 Å². The molecule has 180 valence electrons. The van der Waals surface area contributed by atoms with Crippen LogP contribution in [0, 0.1) is 0 Å². The van der Waals surface area contributed by atoms with E-state index in [0.717, 1.165) is 28.6 Å². The van der Waals surface area contributed by atoms with Crippen LogP contribution in [0.5, 0.6) is 0 Å². The normalized spacial score (nSPS) is 15.7. The standard InChI is InChI=1S/C23H20N4O4S4/c28-21-18(15-24-23-25-19-7-1-2-8-20(19)34-23)22(29)27(12-10-17-6-4-14-33-17)35(30,31)26(21)11-9-16-5-3-13-32-16/h1-8,13-15H,9-12H2,(H,24,25). The summed E-state index contributed by atoms with van der Waals surface area (Å²) in [5.41, 5.74) is 0.550. The lowest BCUT2D eigenvalue weighted by molar-refractivity contribution is -0.131. The molecule has 35 heavy (non-hydrogen) atoms. The zero-order valence-corrected chi connectivity index (χ0v) is 21.6. The highest BCUT2D eigenvalue weighted by atomic mass is 32.2. The van der Waals surface area contributed by atoms with Crippen molar-refractivity contribution in [2.24, 2.45) is 0 Å². The molecule has 0 saturated carbocycles. The Kier molecular flexibility index (Phi) is 6.69. The van der Waals surface area contributed by atoms with E-state index in [0.29, 0.717) is 18.0 Å². The molecule has 5 rings (SSSR count). The van der Waals surface area contributed by atoms with Crippen LogP contribution in [0.25, 0.3) is 10.2 Å². The molecule has 0 atom stereocenters. The van der Waals surface area contributed by atoms with Crippen molar-refractivity contribution in [3.63, 3.8) is 0 Å². The molecule has 0 spiro atoms. The van der Waals surface area contributed by atoms with Crippen LogP contribution in [0.1, 0.15) is 9.75 Å². The third-order valence-electron chi connectivity index (χ3n) is 5.39. The molecule has 1 aromatic carbocycles. The van der Waals surface area contributed by atoms with E-state index < -0.39 is 22.0 Å². The summed E-state index contributed by atoms with van der Waals surface area (Å²) in [6.07, 6.45) is 2.01. The predicted octanol–water partition coefficient (Wildman–Crippen LogP) is 4.12. The van der Waals surface area contributed by atoms with E-state index in [9.17, 15) is 18.0 Å². The fourth-order valence-electron chi connectivity index (χ4n) is 3.65. The number of rotatable bonds is 8. The van der Waals surface area contributed by atoms with Gasteiger partial charge in [0.2, 0.25) is 0 Å². The Morgan fingerprint density at radius 2 is 1.46 bits per heavy atom. The number of anilines is 1. The monoisotopic (exact) mass is 544 g/mol. The van der Waals surface area contributed by atoms with E-state index in [2.05, 4.69) is 10.3 Å². The Morgan fingerprint density at radius 3 is 2.00 bits per heavy atom. The minimum absolute atomic E-state index is 0.0526. The van der Waals surface area contributed by atoms with Crippen LogP contribution in [0.15, 0.2) is 71.1 Å². The molecule has 0 unspecified atom stereocenters. The van der Waals surface area contributed by atoms with Crippen molar-refractivity contribution in [3.8, 4) is 0 Å². The van der Waals surface area contributed by atoms with Crippen LogP contribution in [-0.4, -0.2) is 46.9 Å². The lowest BCUT2D eigenvalue weighted by Gasteiger charge is -2.35. The second-order valence-corrected chi connectivity index (χ2v) is 12.5. The molecule has 8 nitrogen and oxygen atoms in total. The maximum atomic E-state index is 13.3. The van der Waals surface area contributed by atoms with Crippen molar-refractivity contribution in [3.05, 3.63) is 80.8 Å². The highest BCUT2D eigenvalue weighted by molar-refractivity contribution is 7.88. The Balaban J connectivity index is 1.44. The first kappa shape index (κ1) is 23.7. The maximum absolute atomic E-state index is 13.3. The summed E-state index contributed by atoms with van der Waals surface area (Å²) in [7, 11) is -4.31. The Morgan fingerprint density at radius 1 is 0.857 bits per heavy atom. The first-order valence-electron chi connectivity index (χ1n) is 10.7. The van der Waals surface area contributed by atoms with Crippen molar-refractivity contribution in [2.75, 3.05) is 18.4 Å². The van der Waals surface area contributed by atoms with E-state index in [1.807, 2.05) is 59.3 Å². The molecule has 1 aliphatic heterocycles. The van der Waals surface area contributed by atoms with Crippen molar-refractivity contribution in [1.82, 2.24) is 13.6 Å². The summed E-state index contributed by atoms with van der Waals surface area (Å²) in [5, 5.41) is 7.22. The number of benzene rings is 1. The molecule has 3 aromatic heterocycles. The summed E-state index contributed by atoms with van der Waals surface area (Å²) in [6, 6.07) is 15.1. The fraction of sp³-hybridized carbons (Fsp3) is 0.174. The zero-order valence-electron chi connectivity index (χ0n) is 18.3. The van der Waals surface area contributed by atoms with Gasteiger partial charge >= 0.3 is 10.2 Å². The minimum Gasteiger partial charge on any atom is -0.337 e. The molecule has 4 heterocycles. The third-order valence-corrected chi connectivity index (χ3v) is 10.0. The molecule has 0 bridgehead atoms. The second kappa shape index (κ2) is 9.90. The van der Waals surface area contributed by atoms with Crippen LogP contribution in [0.4, 0.5) is 5.13 Å². The summed E-state index contributed by atoms with van der Waals surface area (Å²) in [4.78, 5) is 32.9. The smallest absolute Gasteiger partial charge is 0.331 e. The molecular formula is C23H20N4O4S4.